The van der Waals surface area contributed by atoms with Crippen molar-refractivity contribution in [3.05, 3.63) is 41.4 Å². The Morgan fingerprint density at radius 1 is 1.06 bits per heavy atom. The molecule has 1 heterocycles. The maximum atomic E-state index is 12.3. The molecule has 4 N–H and O–H groups in total. The van der Waals surface area contributed by atoms with Crippen LogP contribution < -0.4 is 10.6 Å². The standard InChI is InChI=1S/C20H26F3N3O4S/c1-14-13-31(15-9-5-4-6-10-15)18(25-14)26-16(27)11-7-2-3-8-12-24-17(28)19(29,30)20(21,22)23/h4-6,9-10,13,29-31H,2-3,7-8,11-12H2,1H3,(H,24,28)(H,25,26,27). The second kappa shape index (κ2) is 10.8. The van der Waals surface area contributed by atoms with Crippen LogP contribution in [0.1, 0.15) is 39.0 Å². The Balaban J connectivity index is 1.65. The second-order valence-electron chi connectivity index (χ2n) is 7.05. The van der Waals surface area contributed by atoms with Crippen LogP contribution in [-0.2, 0) is 9.59 Å². The topological polar surface area (TPSA) is 111 Å². The van der Waals surface area contributed by atoms with Gasteiger partial charge >= 0.3 is 12.0 Å². The molecular formula is C20H26F3N3O4S. The second-order valence-corrected chi connectivity index (χ2v) is 8.99. The Hall–Kier alpha value is -2.37. The van der Waals surface area contributed by atoms with E-state index in [-0.39, 0.29) is 18.9 Å². The van der Waals surface area contributed by atoms with E-state index in [4.69, 9.17) is 10.2 Å². The lowest BCUT2D eigenvalue weighted by atomic mass is 10.1. The van der Waals surface area contributed by atoms with Gasteiger partial charge in [0.05, 0.1) is 0 Å². The molecule has 0 saturated carbocycles. The highest BCUT2D eigenvalue weighted by Gasteiger charge is 2.58. The molecule has 1 unspecified atom stereocenters. The number of allylic oxidation sites excluding steroid dienone is 1. The predicted octanol–water partition coefficient (Wildman–Crippen LogP) is 2.70. The molecule has 1 aliphatic heterocycles. The minimum atomic E-state index is -5.47. The fraction of sp³-hybridized carbons (Fsp3) is 0.450. The first kappa shape index (κ1) is 24.9. The molecular weight excluding hydrogens is 435 g/mol. The summed E-state index contributed by atoms with van der Waals surface area (Å²) in [5, 5.41) is 25.0. The van der Waals surface area contributed by atoms with Crippen molar-refractivity contribution in [1.29, 1.82) is 0 Å². The molecule has 31 heavy (non-hydrogen) atoms. The molecule has 1 aromatic carbocycles. The molecule has 0 aromatic heterocycles. The average Bonchev–Trinajstić information content (AvgIpc) is 3.06. The molecule has 1 aromatic rings. The van der Waals surface area contributed by atoms with Gasteiger partial charge in [-0.3, -0.25) is 9.59 Å². The van der Waals surface area contributed by atoms with Gasteiger partial charge in [-0.25, -0.2) is 4.99 Å². The van der Waals surface area contributed by atoms with Crippen LogP contribution in [0.15, 0.2) is 51.3 Å². The lowest BCUT2D eigenvalue weighted by Gasteiger charge is -2.22. The van der Waals surface area contributed by atoms with Gasteiger partial charge in [0.15, 0.2) is 5.17 Å². The van der Waals surface area contributed by atoms with Crippen molar-refractivity contribution >= 4 is 27.9 Å². The molecule has 172 valence electrons. The van der Waals surface area contributed by atoms with Gasteiger partial charge in [-0.05, 0) is 42.2 Å². The van der Waals surface area contributed by atoms with E-state index in [0.717, 1.165) is 10.6 Å². The smallest absolute Gasteiger partial charge is 0.351 e. The molecule has 0 bridgehead atoms. The molecule has 0 fully saturated rings. The van der Waals surface area contributed by atoms with Gasteiger partial charge < -0.3 is 20.8 Å². The Bertz CT molecular complexity index is 842. The Labute approximate surface area is 180 Å². The van der Waals surface area contributed by atoms with Gasteiger partial charge in [0.25, 0.3) is 5.91 Å². The average molecular weight is 462 g/mol. The first-order chi connectivity index (χ1) is 14.5. The fourth-order valence-corrected chi connectivity index (χ4v) is 4.73. The molecule has 1 aliphatic rings. The third-order valence-electron chi connectivity index (χ3n) is 4.44. The number of alkyl halides is 3. The van der Waals surface area contributed by atoms with Gasteiger partial charge in [0.2, 0.25) is 5.91 Å². The zero-order valence-electron chi connectivity index (χ0n) is 16.9. The van der Waals surface area contributed by atoms with E-state index in [9.17, 15) is 22.8 Å². The van der Waals surface area contributed by atoms with E-state index in [2.05, 4.69) is 10.3 Å². The number of nitrogens with zero attached hydrogens (tertiary/aromatic N) is 1. The normalized spacial score (nSPS) is 17.7. The highest BCUT2D eigenvalue weighted by molar-refractivity contribution is 8.32. The number of amides is 2. The fourth-order valence-electron chi connectivity index (χ4n) is 2.78. The number of carbonyl (C=O) groups is 2. The highest BCUT2D eigenvalue weighted by atomic mass is 32.2. The van der Waals surface area contributed by atoms with Crippen molar-refractivity contribution in [2.24, 2.45) is 4.99 Å². The van der Waals surface area contributed by atoms with Gasteiger partial charge in [-0.15, -0.1) is 10.9 Å². The Morgan fingerprint density at radius 2 is 1.71 bits per heavy atom. The van der Waals surface area contributed by atoms with Crippen molar-refractivity contribution in [1.82, 2.24) is 10.6 Å². The number of hydrogen-bond donors (Lipinski definition) is 5. The van der Waals surface area contributed by atoms with Crippen molar-refractivity contribution in [2.75, 3.05) is 6.54 Å². The SMILES string of the molecule is CC1=C[SH](c2ccccc2)C(NC(=O)CCCCCCNC(=O)C(O)(O)C(F)(F)F)=N1. The first-order valence-electron chi connectivity index (χ1n) is 9.73. The van der Waals surface area contributed by atoms with Crippen LogP contribution in [-0.4, -0.2) is 45.7 Å². The highest BCUT2D eigenvalue weighted by Crippen LogP contribution is 2.43. The number of hydrogen-bond acceptors (Lipinski definition) is 5. The van der Waals surface area contributed by atoms with Gasteiger partial charge in [-0.2, -0.15) is 13.2 Å². The Kier molecular flexibility index (Phi) is 8.66. The maximum absolute atomic E-state index is 12.3. The molecule has 1 atom stereocenters. The zero-order valence-corrected chi connectivity index (χ0v) is 17.8. The van der Waals surface area contributed by atoms with E-state index in [1.807, 2.05) is 48.0 Å². The van der Waals surface area contributed by atoms with Gasteiger partial charge in [-0.1, -0.05) is 31.0 Å². The van der Waals surface area contributed by atoms with Crippen molar-refractivity contribution in [3.8, 4) is 0 Å². The summed E-state index contributed by atoms with van der Waals surface area (Å²) in [5.74, 6) is -6.47. The van der Waals surface area contributed by atoms with E-state index in [0.29, 0.717) is 30.9 Å². The van der Waals surface area contributed by atoms with Crippen LogP contribution in [0.2, 0.25) is 0 Å². The summed E-state index contributed by atoms with van der Waals surface area (Å²) in [6.07, 6.45) is -3.10. The van der Waals surface area contributed by atoms with Crippen molar-refractivity contribution in [3.63, 3.8) is 0 Å². The summed E-state index contributed by atoms with van der Waals surface area (Å²) in [6.45, 7) is 1.75. The number of unbranched alkanes of at least 4 members (excludes halogenated alkanes) is 3. The number of rotatable bonds is 9. The zero-order chi connectivity index (χ0) is 23.1. The van der Waals surface area contributed by atoms with Crippen LogP contribution in [0.3, 0.4) is 0 Å². The van der Waals surface area contributed by atoms with Crippen LogP contribution >= 0.6 is 10.9 Å². The number of carbonyl (C=O) groups excluding carboxylic acids is 2. The third kappa shape index (κ3) is 7.08. The van der Waals surface area contributed by atoms with Gasteiger partial charge in [0.1, 0.15) is 0 Å². The summed E-state index contributed by atoms with van der Waals surface area (Å²) in [6, 6.07) is 9.78. The summed E-state index contributed by atoms with van der Waals surface area (Å²) in [5.41, 5.74) is 0.854. The molecule has 0 radical (unpaired) electrons. The lowest BCUT2D eigenvalue weighted by molar-refractivity contribution is -0.328. The molecule has 0 aliphatic carbocycles. The van der Waals surface area contributed by atoms with Crippen molar-refractivity contribution in [2.45, 2.75) is 55.9 Å². The molecule has 7 nitrogen and oxygen atoms in total. The summed E-state index contributed by atoms with van der Waals surface area (Å²) >= 11 is 0. The minimum absolute atomic E-state index is 0.132. The molecule has 11 heteroatoms. The summed E-state index contributed by atoms with van der Waals surface area (Å²) in [7, 11) is -0.832. The van der Waals surface area contributed by atoms with E-state index < -0.39 is 28.8 Å². The molecule has 2 amide bonds. The molecule has 0 spiro atoms. The minimum Gasteiger partial charge on any atom is -0.351 e. The number of halogens is 3. The van der Waals surface area contributed by atoms with Crippen LogP contribution in [0.5, 0.6) is 0 Å². The number of aliphatic hydroxyl groups is 2. The number of nitrogens with one attached hydrogen (secondary N) is 2. The molecule has 0 saturated heterocycles. The van der Waals surface area contributed by atoms with Gasteiger partial charge in [0, 0.05) is 18.7 Å². The molecule has 2 rings (SSSR count). The van der Waals surface area contributed by atoms with Crippen molar-refractivity contribution < 1.29 is 33.0 Å². The van der Waals surface area contributed by atoms with Crippen LogP contribution in [0.4, 0.5) is 13.2 Å². The van der Waals surface area contributed by atoms with Crippen LogP contribution in [0, 0.1) is 0 Å². The van der Waals surface area contributed by atoms with E-state index in [1.54, 1.807) is 0 Å². The third-order valence-corrected chi connectivity index (χ3v) is 6.59. The maximum Gasteiger partial charge on any atom is 0.453 e. The van der Waals surface area contributed by atoms with E-state index >= 15 is 0 Å². The quantitative estimate of drug-likeness (QED) is 0.221. The summed E-state index contributed by atoms with van der Waals surface area (Å²) in [4.78, 5) is 29.0. The number of benzene rings is 1. The lowest BCUT2D eigenvalue weighted by Crippen LogP contribution is -2.57. The van der Waals surface area contributed by atoms with Crippen LogP contribution in [0.25, 0.3) is 0 Å². The largest absolute Gasteiger partial charge is 0.453 e. The summed E-state index contributed by atoms with van der Waals surface area (Å²) < 4.78 is 36.9. The first-order valence-corrected chi connectivity index (χ1v) is 11.1. The number of aliphatic imine (C=N–C) groups is 1. The number of thiol groups is 1. The van der Waals surface area contributed by atoms with E-state index in [1.165, 1.54) is 0 Å². The predicted molar refractivity (Wildman–Crippen MR) is 112 cm³/mol. The Morgan fingerprint density at radius 3 is 2.35 bits per heavy atom. The number of amidine groups is 1. The monoisotopic (exact) mass is 461 g/mol.